The molecule has 0 aliphatic rings. The number of nitrogens with two attached hydrogens (primary N) is 1. The molecule has 0 aromatic carbocycles. The smallest absolute Gasteiger partial charge is 0.326 e. The minimum Gasteiger partial charge on any atom is -0.480 e. The van der Waals surface area contributed by atoms with Crippen molar-refractivity contribution in [3.8, 4) is 0 Å². The fourth-order valence-electron chi connectivity index (χ4n) is 7.75. The molecule has 0 saturated carbocycles. The summed E-state index contributed by atoms with van der Waals surface area (Å²) in [5.41, 5.74) is 5.49. The minimum atomic E-state index is -0.999. The Morgan fingerprint density at radius 1 is 0.455 bits per heavy atom. The van der Waals surface area contributed by atoms with Crippen LogP contribution in [-0.2, 0) is 19.1 Å². The molecule has 0 aromatic heterocycles. The van der Waals surface area contributed by atoms with Crippen LogP contribution in [0.4, 0.5) is 0 Å². The first kappa shape index (κ1) is 53.4. The monoisotopic (exact) mass is 779 g/mol. The first-order chi connectivity index (χ1) is 26.9. The number of nitrogens with one attached hydrogen (secondary N) is 1. The van der Waals surface area contributed by atoms with Crippen LogP contribution in [0.15, 0.2) is 0 Å². The van der Waals surface area contributed by atoms with Crippen LogP contribution in [0.3, 0.4) is 0 Å². The first-order valence-electron chi connectivity index (χ1n) is 24.4. The molecular formula is C48H94N2O5. The zero-order valence-electron chi connectivity index (χ0n) is 36.8. The molecular weight excluding hydrogens is 685 g/mol. The van der Waals surface area contributed by atoms with Gasteiger partial charge >= 0.3 is 11.9 Å². The summed E-state index contributed by atoms with van der Waals surface area (Å²) in [5, 5.41) is 12.0. The Hall–Kier alpha value is -1.63. The highest BCUT2D eigenvalue weighted by Crippen LogP contribution is 2.20. The third-order valence-corrected chi connectivity index (χ3v) is 11.4. The summed E-state index contributed by atoms with van der Waals surface area (Å²) < 4.78 is 6.08. The van der Waals surface area contributed by atoms with Crippen LogP contribution < -0.4 is 11.1 Å². The number of esters is 1. The number of carbonyl (C=O) groups excluding carboxylic acids is 2. The van der Waals surface area contributed by atoms with Crippen LogP contribution >= 0.6 is 0 Å². The SMILES string of the molecule is CCCCCCCCCCCCCCCCCCCC(=O)OC(CCCCCCCCCCCCCC)CCCCCCCC(=O)NC(CCCN)C(=O)O. The molecule has 0 aromatic rings. The second-order valence-corrected chi connectivity index (χ2v) is 16.9. The molecule has 0 aliphatic carbocycles. The number of carboxylic acids is 1. The Morgan fingerprint density at radius 2 is 0.782 bits per heavy atom. The van der Waals surface area contributed by atoms with Crippen molar-refractivity contribution in [2.24, 2.45) is 5.73 Å². The summed E-state index contributed by atoms with van der Waals surface area (Å²) in [7, 11) is 0. The lowest BCUT2D eigenvalue weighted by Gasteiger charge is -2.18. The van der Waals surface area contributed by atoms with E-state index in [1.165, 1.54) is 167 Å². The maximum absolute atomic E-state index is 12.8. The van der Waals surface area contributed by atoms with Gasteiger partial charge in [-0.15, -0.1) is 0 Å². The number of rotatable bonds is 45. The molecule has 2 atom stereocenters. The van der Waals surface area contributed by atoms with E-state index in [-0.39, 0.29) is 18.0 Å². The summed E-state index contributed by atoms with van der Waals surface area (Å²) in [4.78, 5) is 36.5. The number of amides is 1. The van der Waals surface area contributed by atoms with Crippen molar-refractivity contribution < 1.29 is 24.2 Å². The maximum atomic E-state index is 12.8. The topological polar surface area (TPSA) is 119 Å². The molecule has 0 fully saturated rings. The van der Waals surface area contributed by atoms with E-state index in [2.05, 4.69) is 19.2 Å². The number of hydrogen-bond donors (Lipinski definition) is 3. The molecule has 326 valence electrons. The van der Waals surface area contributed by atoms with Crippen LogP contribution in [-0.4, -0.2) is 41.6 Å². The van der Waals surface area contributed by atoms with Gasteiger partial charge in [-0.1, -0.05) is 206 Å². The fourth-order valence-corrected chi connectivity index (χ4v) is 7.75. The summed E-state index contributed by atoms with van der Waals surface area (Å²) in [6, 6.07) is -0.852. The molecule has 7 nitrogen and oxygen atoms in total. The van der Waals surface area contributed by atoms with Gasteiger partial charge in [0.05, 0.1) is 0 Å². The number of aliphatic carboxylic acids is 1. The van der Waals surface area contributed by atoms with Gasteiger partial charge in [-0.3, -0.25) is 9.59 Å². The van der Waals surface area contributed by atoms with Crippen LogP contribution in [0.5, 0.6) is 0 Å². The second-order valence-electron chi connectivity index (χ2n) is 16.9. The van der Waals surface area contributed by atoms with Crippen molar-refractivity contribution >= 4 is 17.8 Å². The predicted molar refractivity (Wildman–Crippen MR) is 235 cm³/mol. The Bertz CT molecular complexity index is 837. The summed E-state index contributed by atoms with van der Waals surface area (Å²) >= 11 is 0. The molecule has 4 N–H and O–H groups in total. The van der Waals surface area contributed by atoms with Gasteiger partial charge in [-0.05, 0) is 57.9 Å². The average Bonchev–Trinajstić information content (AvgIpc) is 3.17. The minimum absolute atomic E-state index is 0.0120. The second kappa shape index (κ2) is 43.5. The Labute approximate surface area is 341 Å². The van der Waals surface area contributed by atoms with E-state index in [1.54, 1.807) is 0 Å². The van der Waals surface area contributed by atoms with Gasteiger partial charge in [-0.2, -0.15) is 0 Å². The molecule has 0 spiro atoms. The standard InChI is InChI=1S/C48H94N2O5/c1-3-5-7-9-11-13-15-17-18-19-20-21-23-25-27-32-36-42-47(52)55-44(38-33-29-26-24-22-16-14-12-10-8-6-4-2)39-34-30-28-31-35-41-46(51)50-45(48(53)54)40-37-43-49/h44-45H,3-43,49H2,1-2H3,(H,50,51)(H,53,54). The quantitative estimate of drug-likeness (QED) is 0.0418. The fraction of sp³-hybridized carbons (Fsp3) is 0.938. The number of hydrogen-bond acceptors (Lipinski definition) is 5. The highest BCUT2D eigenvalue weighted by molar-refractivity contribution is 5.83. The number of ether oxygens (including phenoxy) is 1. The van der Waals surface area contributed by atoms with Crippen molar-refractivity contribution in [2.75, 3.05) is 6.54 Å². The molecule has 0 radical (unpaired) electrons. The van der Waals surface area contributed by atoms with Crippen molar-refractivity contribution in [1.29, 1.82) is 0 Å². The van der Waals surface area contributed by atoms with Crippen molar-refractivity contribution in [1.82, 2.24) is 5.32 Å². The molecule has 0 bridgehead atoms. The molecule has 0 aliphatic heterocycles. The van der Waals surface area contributed by atoms with E-state index < -0.39 is 12.0 Å². The van der Waals surface area contributed by atoms with Crippen molar-refractivity contribution in [3.05, 3.63) is 0 Å². The highest BCUT2D eigenvalue weighted by Gasteiger charge is 2.19. The van der Waals surface area contributed by atoms with Gasteiger partial charge in [0.25, 0.3) is 0 Å². The molecule has 0 heterocycles. The lowest BCUT2D eigenvalue weighted by molar-refractivity contribution is -0.150. The normalized spacial score (nSPS) is 12.5. The third-order valence-electron chi connectivity index (χ3n) is 11.4. The van der Waals surface area contributed by atoms with Crippen molar-refractivity contribution in [2.45, 2.75) is 283 Å². The van der Waals surface area contributed by atoms with E-state index >= 15 is 0 Å². The van der Waals surface area contributed by atoms with E-state index in [0.717, 1.165) is 64.2 Å². The molecule has 1 amide bonds. The Kier molecular flexibility index (Phi) is 42.2. The van der Waals surface area contributed by atoms with Crippen LogP contribution in [0, 0.1) is 0 Å². The number of unbranched alkanes of at least 4 members (excludes halogenated alkanes) is 31. The lowest BCUT2D eigenvalue weighted by atomic mass is 10.0. The highest BCUT2D eigenvalue weighted by atomic mass is 16.5. The zero-order valence-corrected chi connectivity index (χ0v) is 36.8. The van der Waals surface area contributed by atoms with Crippen molar-refractivity contribution in [3.63, 3.8) is 0 Å². The van der Waals surface area contributed by atoms with Gasteiger partial charge in [0.15, 0.2) is 0 Å². The average molecular weight is 779 g/mol. The summed E-state index contributed by atoms with van der Waals surface area (Å²) in [5.74, 6) is -1.21. The van der Waals surface area contributed by atoms with Crippen LogP contribution in [0.1, 0.15) is 271 Å². The predicted octanol–water partition coefficient (Wildman–Crippen LogP) is 14.1. The number of carbonyl (C=O) groups is 3. The van der Waals surface area contributed by atoms with Gasteiger partial charge in [0, 0.05) is 12.8 Å². The zero-order chi connectivity index (χ0) is 40.3. The van der Waals surface area contributed by atoms with Gasteiger partial charge in [0.1, 0.15) is 12.1 Å². The molecule has 0 rings (SSSR count). The molecule has 0 saturated heterocycles. The lowest BCUT2D eigenvalue weighted by Crippen LogP contribution is -2.40. The van der Waals surface area contributed by atoms with E-state index in [9.17, 15) is 19.5 Å². The Morgan fingerprint density at radius 3 is 1.13 bits per heavy atom. The third kappa shape index (κ3) is 40.4. The van der Waals surface area contributed by atoms with Crippen LogP contribution in [0.2, 0.25) is 0 Å². The van der Waals surface area contributed by atoms with Gasteiger partial charge < -0.3 is 20.9 Å². The maximum Gasteiger partial charge on any atom is 0.326 e. The van der Waals surface area contributed by atoms with Crippen LogP contribution in [0.25, 0.3) is 0 Å². The Balaban J connectivity index is 4.22. The molecule has 55 heavy (non-hydrogen) atoms. The van der Waals surface area contributed by atoms with E-state index in [0.29, 0.717) is 32.2 Å². The van der Waals surface area contributed by atoms with E-state index in [1.807, 2.05) is 0 Å². The first-order valence-corrected chi connectivity index (χ1v) is 24.4. The molecule has 7 heteroatoms. The summed E-state index contributed by atoms with van der Waals surface area (Å²) in [6.45, 7) is 4.98. The molecule has 2 unspecified atom stereocenters. The van der Waals surface area contributed by atoms with Gasteiger partial charge in [-0.25, -0.2) is 4.79 Å². The largest absolute Gasteiger partial charge is 0.480 e. The summed E-state index contributed by atoms with van der Waals surface area (Å²) in [6.07, 6.45) is 47.3. The van der Waals surface area contributed by atoms with Gasteiger partial charge in [0.2, 0.25) is 5.91 Å². The number of carboxylic acid groups (broad SMARTS) is 1. The van der Waals surface area contributed by atoms with E-state index in [4.69, 9.17) is 10.5 Å².